The molecule has 0 amide bonds. The first-order chi connectivity index (χ1) is 8.88. The summed E-state index contributed by atoms with van der Waals surface area (Å²) in [5, 5.41) is 8.36. The summed E-state index contributed by atoms with van der Waals surface area (Å²) in [5.41, 5.74) is 1.08. The standard InChI is InChI=1S/C15H19N3/c1-2-3-4-5-6-11-15-13-18(17-16-15)12-14-9-7-8-10-14/h1,7-10,13-14H,3-6,11-12H2. The molecule has 0 aliphatic heterocycles. The van der Waals surface area contributed by atoms with Gasteiger partial charge in [-0.1, -0.05) is 35.9 Å². The summed E-state index contributed by atoms with van der Waals surface area (Å²) in [6, 6.07) is 0. The molecule has 1 aromatic heterocycles. The number of rotatable bonds is 7. The van der Waals surface area contributed by atoms with Crippen molar-refractivity contribution >= 4 is 0 Å². The highest BCUT2D eigenvalue weighted by atomic mass is 15.4. The fraction of sp³-hybridized carbons (Fsp3) is 0.467. The second-order valence-corrected chi connectivity index (χ2v) is 4.63. The second-order valence-electron chi connectivity index (χ2n) is 4.63. The first kappa shape index (κ1) is 12.6. The number of hydrogen-bond acceptors (Lipinski definition) is 2. The lowest BCUT2D eigenvalue weighted by atomic mass is 10.1. The minimum absolute atomic E-state index is 0.468. The molecule has 0 aromatic carbocycles. The Morgan fingerprint density at radius 2 is 2.06 bits per heavy atom. The Morgan fingerprint density at radius 3 is 2.83 bits per heavy atom. The van der Waals surface area contributed by atoms with Gasteiger partial charge in [0.05, 0.1) is 12.2 Å². The number of allylic oxidation sites excluding steroid dienone is 4. The minimum atomic E-state index is 0.468. The van der Waals surface area contributed by atoms with Crippen molar-refractivity contribution in [1.29, 1.82) is 0 Å². The number of unbranched alkanes of at least 4 members (excludes halogenated alkanes) is 3. The van der Waals surface area contributed by atoms with Gasteiger partial charge >= 0.3 is 0 Å². The van der Waals surface area contributed by atoms with Crippen LogP contribution >= 0.6 is 0 Å². The molecule has 0 N–H and O–H groups in total. The van der Waals surface area contributed by atoms with E-state index in [0.717, 1.165) is 37.9 Å². The van der Waals surface area contributed by atoms with Crippen LogP contribution < -0.4 is 0 Å². The Balaban J connectivity index is 1.71. The first-order valence-electron chi connectivity index (χ1n) is 6.56. The largest absolute Gasteiger partial charge is 0.251 e. The zero-order chi connectivity index (χ0) is 12.6. The quantitative estimate of drug-likeness (QED) is 0.543. The molecular formula is C15H19N3. The molecule has 18 heavy (non-hydrogen) atoms. The van der Waals surface area contributed by atoms with Crippen molar-refractivity contribution in [1.82, 2.24) is 15.0 Å². The van der Waals surface area contributed by atoms with Crippen molar-refractivity contribution in [3.05, 3.63) is 36.2 Å². The second kappa shape index (κ2) is 6.80. The van der Waals surface area contributed by atoms with Crippen molar-refractivity contribution in [3.63, 3.8) is 0 Å². The van der Waals surface area contributed by atoms with E-state index in [0.29, 0.717) is 5.92 Å². The SMILES string of the molecule is C#CCCCCCc1cn(CC2C=CC=C2)nn1. The van der Waals surface area contributed by atoms with Crippen LogP contribution in [0.5, 0.6) is 0 Å². The Kier molecular flexibility index (Phi) is 4.78. The molecule has 0 bridgehead atoms. The lowest BCUT2D eigenvalue weighted by molar-refractivity contribution is 0.539. The predicted octanol–water partition coefficient (Wildman–Crippen LogP) is 2.76. The van der Waals surface area contributed by atoms with Crippen LogP contribution in [0.25, 0.3) is 0 Å². The van der Waals surface area contributed by atoms with Gasteiger partial charge in [0.2, 0.25) is 0 Å². The lowest BCUT2D eigenvalue weighted by Gasteiger charge is -2.03. The van der Waals surface area contributed by atoms with Gasteiger partial charge in [-0.15, -0.1) is 17.4 Å². The first-order valence-corrected chi connectivity index (χ1v) is 6.56. The van der Waals surface area contributed by atoms with Gasteiger partial charge in [-0.2, -0.15) is 0 Å². The molecule has 0 atom stereocenters. The molecule has 2 rings (SSSR count). The van der Waals surface area contributed by atoms with Crippen LogP contribution in [0, 0.1) is 18.3 Å². The Bertz CT molecular complexity index is 450. The van der Waals surface area contributed by atoms with E-state index in [1.807, 2.05) is 4.68 Å². The molecule has 1 aliphatic carbocycles. The number of aryl methyl sites for hydroxylation is 1. The van der Waals surface area contributed by atoms with E-state index in [9.17, 15) is 0 Å². The van der Waals surface area contributed by atoms with Gasteiger partial charge in [0.25, 0.3) is 0 Å². The van der Waals surface area contributed by atoms with Gasteiger partial charge in [-0.25, -0.2) is 0 Å². The third-order valence-electron chi connectivity index (χ3n) is 3.07. The van der Waals surface area contributed by atoms with Crippen LogP contribution in [-0.4, -0.2) is 15.0 Å². The van der Waals surface area contributed by atoms with Crippen LogP contribution in [0.15, 0.2) is 30.5 Å². The van der Waals surface area contributed by atoms with Gasteiger partial charge < -0.3 is 0 Å². The molecule has 0 spiro atoms. The van der Waals surface area contributed by atoms with E-state index >= 15 is 0 Å². The summed E-state index contributed by atoms with van der Waals surface area (Å²) in [5.74, 6) is 3.13. The predicted molar refractivity (Wildman–Crippen MR) is 72.8 cm³/mol. The van der Waals surface area contributed by atoms with Gasteiger partial charge in [0, 0.05) is 18.5 Å². The lowest BCUT2D eigenvalue weighted by Crippen LogP contribution is -2.05. The van der Waals surface area contributed by atoms with Crippen molar-refractivity contribution in [2.24, 2.45) is 5.92 Å². The van der Waals surface area contributed by atoms with E-state index < -0.39 is 0 Å². The van der Waals surface area contributed by atoms with Gasteiger partial charge in [-0.3, -0.25) is 4.68 Å². The van der Waals surface area contributed by atoms with Crippen LogP contribution in [0.1, 0.15) is 31.4 Å². The molecule has 94 valence electrons. The molecule has 1 aliphatic rings. The van der Waals surface area contributed by atoms with Crippen LogP contribution in [0.4, 0.5) is 0 Å². The minimum Gasteiger partial charge on any atom is -0.251 e. The Labute approximate surface area is 109 Å². The van der Waals surface area contributed by atoms with Crippen molar-refractivity contribution in [2.45, 2.75) is 38.6 Å². The molecular weight excluding hydrogens is 222 g/mol. The fourth-order valence-corrected chi connectivity index (χ4v) is 2.07. The highest BCUT2D eigenvalue weighted by molar-refractivity contribution is 5.17. The number of aromatic nitrogens is 3. The molecule has 0 saturated carbocycles. The molecule has 1 heterocycles. The summed E-state index contributed by atoms with van der Waals surface area (Å²) in [6.07, 6.45) is 21.1. The average Bonchev–Trinajstić information content (AvgIpc) is 3.02. The summed E-state index contributed by atoms with van der Waals surface area (Å²) in [4.78, 5) is 0. The van der Waals surface area contributed by atoms with Gasteiger partial charge in [-0.05, 0) is 19.3 Å². The summed E-state index contributed by atoms with van der Waals surface area (Å²) in [6.45, 7) is 0.886. The maximum atomic E-state index is 5.22. The molecule has 0 unspecified atom stereocenters. The number of hydrogen-bond donors (Lipinski definition) is 0. The van der Waals surface area contributed by atoms with Crippen molar-refractivity contribution in [2.75, 3.05) is 0 Å². The van der Waals surface area contributed by atoms with E-state index in [4.69, 9.17) is 6.42 Å². The van der Waals surface area contributed by atoms with Gasteiger partial charge in [0.1, 0.15) is 0 Å². The normalized spacial score (nSPS) is 14.2. The van der Waals surface area contributed by atoms with E-state index in [1.165, 1.54) is 6.42 Å². The third-order valence-corrected chi connectivity index (χ3v) is 3.07. The average molecular weight is 241 g/mol. The van der Waals surface area contributed by atoms with Crippen molar-refractivity contribution < 1.29 is 0 Å². The highest BCUT2D eigenvalue weighted by Gasteiger charge is 2.07. The van der Waals surface area contributed by atoms with E-state index in [2.05, 4.69) is 46.7 Å². The smallest absolute Gasteiger partial charge is 0.0827 e. The zero-order valence-corrected chi connectivity index (χ0v) is 10.6. The summed E-state index contributed by atoms with van der Waals surface area (Å²) >= 11 is 0. The molecule has 0 radical (unpaired) electrons. The fourth-order valence-electron chi connectivity index (χ4n) is 2.07. The topological polar surface area (TPSA) is 30.7 Å². The van der Waals surface area contributed by atoms with Crippen LogP contribution in [0.3, 0.4) is 0 Å². The maximum Gasteiger partial charge on any atom is 0.0827 e. The van der Waals surface area contributed by atoms with Crippen LogP contribution in [-0.2, 0) is 13.0 Å². The molecule has 1 aromatic rings. The van der Waals surface area contributed by atoms with Gasteiger partial charge in [0.15, 0.2) is 0 Å². The summed E-state index contributed by atoms with van der Waals surface area (Å²) < 4.78 is 1.93. The maximum absolute atomic E-state index is 5.22. The zero-order valence-electron chi connectivity index (χ0n) is 10.6. The summed E-state index contributed by atoms with van der Waals surface area (Å²) in [7, 11) is 0. The highest BCUT2D eigenvalue weighted by Crippen LogP contribution is 2.11. The van der Waals surface area contributed by atoms with E-state index in [-0.39, 0.29) is 0 Å². The Hall–Kier alpha value is -1.82. The number of terminal acetylenes is 1. The Morgan fingerprint density at radius 1 is 1.22 bits per heavy atom. The number of nitrogens with zero attached hydrogens (tertiary/aromatic N) is 3. The van der Waals surface area contributed by atoms with E-state index in [1.54, 1.807) is 0 Å². The van der Waals surface area contributed by atoms with Crippen molar-refractivity contribution in [3.8, 4) is 12.3 Å². The molecule has 0 saturated heterocycles. The van der Waals surface area contributed by atoms with Crippen LogP contribution in [0.2, 0.25) is 0 Å². The third kappa shape index (κ3) is 3.89. The molecule has 3 heteroatoms. The molecule has 0 fully saturated rings. The molecule has 3 nitrogen and oxygen atoms in total. The monoisotopic (exact) mass is 241 g/mol.